The fourth-order valence-corrected chi connectivity index (χ4v) is 3.68. The lowest BCUT2D eigenvalue weighted by Crippen LogP contribution is -2.18. The first-order chi connectivity index (χ1) is 16.1. The van der Waals surface area contributed by atoms with Crippen LogP contribution in [-0.4, -0.2) is 31.7 Å². The first kappa shape index (κ1) is 23.4. The monoisotopic (exact) mass is 490 g/mol. The number of halogens is 3. The highest BCUT2D eigenvalue weighted by atomic mass is 32.2. The fourth-order valence-electron chi connectivity index (χ4n) is 3.41. The van der Waals surface area contributed by atoms with Gasteiger partial charge in [-0.3, -0.25) is 14.3 Å². The van der Waals surface area contributed by atoms with Gasteiger partial charge in [0.15, 0.2) is 0 Å². The molecule has 2 aromatic carbocycles. The molecule has 0 spiro atoms. The Morgan fingerprint density at radius 3 is 2.71 bits per heavy atom. The zero-order valence-corrected chi connectivity index (χ0v) is 18.3. The van der Waals surface area contributed by atoms with Crippen LogP contribution in [0.2, 0.25) is 0 Å². The lowest BCUT2D eigenvalue weighted by Gasteiger charge is -2.14. The Morgan fingerprint density at radius 1 is 1.18 bits per heavy atom. The van der Waals surface area contributed by atoms with Gasteiger partial charge in [-0.25, -0.2) is 5.06 Å². The number of H-pyrrole nitrogens is 1. The van der Waals surface area contributed by atoms with Crippen LogP contribution in [0.4, 0.5) is 24.5 Å². The van der Waals surface area contributed by atoms with Gasteiger partial charge in [-0.05, 0) is 42.0 Å². The van der Waals surface area contributed by atoms with Crippen molar-refractivity contribution in [2.45, 2.75) is 6.18 Å². The molecule has 8 nitrogen and oxygen atoms in total. The first-order valence-corrected chi connectivity index (χ1v) is 10.7. The Labute approximate surface area is 193 Å². The summed E-state index contributed by atoms with van der Waals surface area (Å²) in [4.78, 5) is 19.5. The average molecular weight is 490 g/mol. The summed E-state index contributed by atoms with van der Waals surface area (Å²) in [6.07, 6.45) is -2.34. The Hall–Kier alpha value is -3.74. The number of fused-ring (bicyclic) bond motifs is 1. The summed E-state index contributed by atoms with van der Waals surface area (Å²) in [5, 5.41) is 4.48. The van der Waals surface area contributed by atoms with Crippen LogP contribution in [0, 0.1) is 0 Å². The van der Waals surface area contributed by atoms with Crippen molar-refractivity contribution >= 4 is 39.5 Å². The van der Waals surface area contributed by atoms with Gasteiger partial charge < -0.3 is 10.3 Å². The van der Waals surface area contributed by atoms with Crippen molar-refractivity contribution in [3.63, 3.8) is 0 Å². The molecule has 4 aromatic rings. The second-order valence-electron chi connectivity index (χ2n) is 7.20. The third kappa shape index (κ3) is 5.09. The van der Waals surface area contributed by atoms with Crippen molar-refractivity contribution in [1.82, 2.24) is 9.97 Å². The van der Waals surface area contributed by atoms with Gasteiger partial charge in [0.1, 0.15) is 5.69 Å². The van der Waals surface area contributed by atoms with E-state index in [0.29, 0.717) is 22.3 Å². The molecule has 0 aliphatic heterocycles. The highest BCUT2D eigenvalue weighted by Crippen LogP contribution is 2.37. The zero-order chi connectivity index (χ0) is 24.5. The number of hydrogen-bond donors (Lipinski definition) is 3. The number of anilines is 2. The molecule has 2 heterocycles. The molecular weight excluding hydrogens is 473 g/mol. The predicted molar refractivity (Wildman–Crippen MR) is 121 cm³/mol. The van der Waals surface area contributed by atoms with Crippen molar-refractivity contribution in [2.75, 3.05) is 17.4 Å². The molecule has 0 aliphatic carbocycles. The van der Waals surface area contributed by atoms with E-state index in [4.69, 9.17) is 4.55 Å². The smallest absolute Gasteiger partial charge is 0.350 e. The number of nitrogens with zero attached hydrogens (tertiary/aromatic N) is 2. The fraction of sp³-hybridized carbons (Fsp3) is 0.0909. The molecule has 176 valence electrons. The van der Waals surface area contributed by atoms with Gasteiger partial charge in [-0.1, -0.05) is 18.2 Å². The highest BCUT2D eigenvalue weighted by molar-refractivity contribution is 7.74. The third-order valence-electron chi connectivity index (χ3n) is 4.95. The van der Waals surface area contributed by atoms with E-state index in [0.717, 1.165) is 23.5 Å². The summed E-state index contributed by atoms with van der Waals surface area (Å²) in [6, 6.07) is 13.5. The van der Waals surface area contributed by atoms with Crippen molar-refractivity contribution < 1.29 is 31.0 Å². The molecule has 1 atom stereocenters. The second kappa shape index (κ2) is 9.25. The molecule has 0 saturated carbocycles. The van der Waals surface area contributed by atoms with Gasteiger partial charge in [-0.15, -0.1) is 4.28 Å². The topological polar surface area (TPSA) is 108 Å². The van der Waals surface area contributed by atoms with E-state index in [-0.39, 0.29) is 16.8 Å². The lowest BCUT2D eigenvalue weighted by atomic mass is 10.0. The number of carbonyl (C=O) groups excluding carboxylic acids is 1. The van der Waals surface area contributed by atoms with Gasteiger partial charge in [-0.2, -0.15) is 17.4 Å². The number of pyridine rings is 1. The van der Waals surface area contributed by atoms with Crippen LogP contribution < -0.4 is 10.4 Å². The normalized spacial score (nSPS) is 12.5. The van der Waals surface area contributed by atoms with Crippen LogP contribution in [-0.2, 0) is 21.8 Å². The number of alkyl halides is 3. The maximum absolute atomic E-state index is 13.4. The van der Waals surface area contributed by atoms with Crippen molar-refractivity contribution in [3.8, 4) is 11.1 Å². The van der Waals surface area contributed by atoms with Crippen LogP contribution in [0.15, 0.2) is 67.0 Å². The maximum Gasteiger partial charge on any atom is 0.417 e. The summed E-state index contributed by atoms with van der Waals surface area (Å²) in [5.41, 5.74) is 0.885. The molecule has 2 aromatic heterocycles. The molecule has 0 aliphatic rings. The molecule has 34 heavy (non-hydrogen) atoms. The quantitative estimate of drug-likeness (QED) is 0.259. The molecule has 0 bridgehead atoms. The van der Waals surface area contributed by atoms with E-state index in [9.17, 15) is 22.2 Å². The molecule has 1 unspecified atom stereocenters. The SMILES string of the molecule is CN(OS(=O)O)c1ccc2cc(C(=O)Nc3cccc(-c4cnccc4C(F)(F)F)c3)[nH]c2c1. The van der Waals surface area contributed by atoms with Gasteiger partial charge in [0.2, 0.25) is 0 Å². The molecule has 4 rings (SSSR count). The number of benzene rings is 2. The lowest BCUT2D eigenvalue weighted by molar-refractivity contribution is -0.137. The van der Waals surface area contributed by atoms with Gasteiger partial charge in [0, 0.05) is 41.6 Å². The maximum atomic E-state index is 13.4. The van der Waals surface area contributed by atoms with E-state index in [2.05, 4.69) is 19.6 Å². The number of hydroxylamine groups is 1. The number of hydrogen-bond acceptors (Lipinski definition) is 5. The van der Waals surface area contributed by atoms with Crippen molar-refractivity contribution in [2.24, 2.45) is 0 Å². The third-order valence-corrected chi connectivity index (χ3v) is 5.30. The van der Waals surface area contributed by atoms with Crippen LogP contribution in [0.25, 0.3) is 22.0 Å². The Bertz CT molecular complexity index is 1390. The Balaban J connectivity index is 1.58. The minimum atomic E-state index is -4.55. The predicted octanol–water partition coefficient (Wildman–Crippen LogP) is 5.01. The average Bonchev–Trinajstić information content (AvgIpc) is 3.22. The molecule has 0 saturated heterocycles. The van der Waals surface area contributed by atoms with Crippen molar-refractivity contribution in [3.05, 3.63) is 78.2 Å². The van der Waals surface area contributed by atoms with Crippen molar-refractivity contribution in [1.29, 1.82) is 0 Å². The molecule has 1 amide bonds. The van der Waals surface area contributed by atoms with Crippen LogP contribution in [0.5, 0.6) is 0 Å². The molecule has 3 N–H and O–H groups in total. The van der Waals surface area contributed by atoms with E-state index in [1.54, 1.807) is 30.3 Å². The van der Waals surface area contributed by atoms with Crippen LogP contribution >= 0.6 is 0 Å². The van der Waals surface area contributed by atoms with E-state index in [1.165, 1.54) is 25.2 Å². The minimum absolute atomic E-state index is 0.0978. The summed E-state index contributed by atoms with van der Waals surface area (Å²) in [7, 11) is 1.45. The first-order valence-electron chi connectivity index (χ1n) is 9.70. The Morgan fingerprint density at radius 2 is 1.97 bits per heavy atom. The number of nitrogens with one attached hydrogen (secondary N) is 2. The number of amides is 1. The van der Waals surface area contributed by atoms with E-state index in [1.807, 2.05) is 0 Å². The summed E-state index contributed by atoms with van der Waals surface area (Å²) in [5.74, 6) is -0.502. The summed E-state index contributed by atoms with van der Waals surface area (Å²) in [6.45, 7) is 0. The highest BCUT2D eigenvalue weighted by Gasteiger charge is 2.33. The van der Waals surface area contributed by atoms with E-state index < -0.39 is 29.0 Å². The standard InChI is InChI=1S/C22H17F3N4O4S/c1-29(33-34(31)32)16-6-5-14-10-20(28-19(14)11-16)21(30)27-15-4-2-3-13(9-15)17-12-26-8-7-18(17)22(23,24)25/h2-12,28H,1H3,(H,27,30)(H,31,32). The molecule has 0 radical (unpaired) electrons. The second-order valence-corrected chi connectivity index (χ2v) is 7.78. The number of aromatic amines is 1. The zero-order valence-electron chi connectivity index (χ0n) is 17.5. The summed E-state index contributed by atoms with van der Waals surface area (Å²) >= 11 is -2.49. The number of aromatic nitrogens is 2. The largest absolute Gasteiger partial charge is 0.417 e. The van der Waals surface area contributed by atoms with Gasteiger partial charge >= 0.3 is 17.5 Å². The molecule has 0 fully saturated rings. The molecule has 12 heteroatoms. The number of rotatable bonds is 6. The van der Waals surface area contributed by atoms with E-state index >= 15 is 0 Å². The van der Waals surface area contributed by atoms with Crippen LogP contribution in [0.1, 0.15) is 16.1 Å². The van der Waals surface area contributed by atoms with Gasteiger partial charge in [0.25, 0.3) is 5.91 Å². The minimum Gasteiger partial charge on any atom is -0.350 e. The molecular formula is C22H17F3N4O4S. The van der Waals surface area contributed by atoms with Crippen LogP contribution in [0.3, 0.4) is 0 Å². The Kier molecular flexibility index (Phi) is 6.37. The summed E-state index contributed by atoms with van der Waals surface area (Å²) < 4.78 is 64.5. The van der Waals surface area contributed by atoms with Gasteiger partial charge in [0.05, 0.1) is 11.3 Å². The number of carbonyl (C=O) groups is 1.